The van der Waals surface area contributed by atoms with Crippen molar-refractivity contribution < 1.29 is 9.59 Å². The lowest BCUT2D eigenvalue weighted by Gasteiger charge is -2.17. The van der Waals surface area contributed by atoms with Crippen LogP contribution in [0.25, 0.3) is 0 Å². The third-order valence-corrected chi connectivity index (χ3v) is 4.61. The fourth-order valence-corrected chi connectivity index (χ4v) is 3.12. The molecule has 5 nitrogen and oxygen atoms in total. The Morgan fingerprint density at radius 1 is 1.30 bits per heavy atom. The van der Waals surface area contributed by atoms with Crippen molar-refractivity contribution in [3.63, 3.8) is 0 Å². The zero-order valence-corrected chi connectivity index (χ0v) is 13.3. The van der Waals surface area contributed by atoms with E-state index in [9.17, 15) is 9.59 Å². The molecule has 1 heterocycles. The Labute approximate surface area is 141 Å². The van der Waals surface area contributed by atoms with Crippen LogP contribution in [0.3, 0.4) is 0 Å². The first kappa shape index (κ1) is 15.4. The van der Waals surface area contributed by atoms with Crippen LogP contribution in [0.15, 0.2) is 41.3 Å². The first-order chi connectivity index (χ1) is 11.1. The van der Waals surface area contributed by atoms with E-state index in [0.29, 0.717) is 28.3 Å². The van der Waals surface area contributed by atoms with Gasteiger partial charge in [0, 0.05) is 16.1 Å². The van der Waals surface area contributed by atoms with Crippen LogP contribution in [0, 0.1) is 11.3 Å². The van der Waals surface area contributed by atoms with Gasteiger partial charge in [-0.25, -0.2) is 0 Å². The summed E-state index contributed by atoms with van der Waals surface area (Å²) in [7, 11) is 0. The number of nitrogens with one attached hydrogen (secondary N) is 2. The molecule has 0 aromatic heterocycles. The molecule has 23 heavy (non-hydrogen) atoms. The van der Waals surface area contributed by atoms with Crippen molar-refractivity contribution in [1.29, 1.82) is 5.26 Å². The summed E-state index contributed by atoms with van der Waals surface area (Å²) in [6.45, 7) is 0. The minimum atomic E-state index is -0.321. The maximum atomic E-state index is 12.3. The highest BCUT2D eigenvalue weighted by molar-refractivity contribution is 8.00. The standard InChI is InChI=1S/C16H10ClN3O2S/c17-12-6-11(3-1-10(12)7-18)19-16(22)9-2-4-14-13(5-9)20-15(21)8-23-14/h1-6H,8H2,(H,19,22)(H,20,21). The molecule has 2 aromatic carbocycles. The maximum Gasteiger partial charge on any atom is 0.255 e. The highest BCUT2D eigenvalue weighted by Crippen LogP contribution is 2.32. The lowest BCUT2D eigenvalue weighted by atomic mass is 10.1. The van der Waals surface area contributed by atoms with Crippen molar-refractivity contribution in [3.05, 3.63) is 52.5 Å². The molecular weight excluding hydrogens is 334 g/mol. The van der Waals surface area contributed by atoms with E-state index in [1.54, 1.807) is 30.3 Å². The van der Waals surface area contributed by atoms with Crippen molar-refractivity contribution in [2.45, 2.75) is 4.90 Å². The summed E-state index contributed by atoms with van der Waals surface area (Å²) in [6, 6.07) is 11.8. The van der Waals surface area contributed by atoms with E-state index in [0.717, 1.165) is 4.90 Å². The zero-order chi connectivity index (χ0) is 16.4. The van der Waals surface area contributed by atoms with Crippen LogP contribution >= 0.6 is 23.4 Å². The average molecular weight is 344 g/mol. The molecule has 7 heteroatoms. The van der Waals surface area contributed by atoms with Crippen molar-refractivity contribution in [2.24, 2.45) is 0 Å². The Bertz CT molecular complexity index is 861. The highest BCUT2D eigenvalue weighted by atomic mass is 35.5. The second kappa shape index (κ2) is 6.32. The summed E-state index contributed by atoms with van der Waals surface area (Å²) in [5.74, 6) is -0.0280. The fraction of sp³-hybridized carbons (Fsp3) is 0.0625. The molecule has 114 valence electrons. The van der Waals surface area contributed by atoms with E-state index in [-0.39, 0.29) is 16.8 Å². The molecule has 0 saturated heterocycles. The van der Waals surface area contributed by atoms with Crippen molar-refractivity contribution in [3.8, 4) is 6.07 Å². The summed E-state index contributed by atoms with van der Waals surface area (Å²) in [5.41, 5.74) is 1.90. The fourth-order valence-electron chi connectivity index (χ4n) is 2.11. The Kier molecular flexibility index (Phi) is 4.24. The van der Waals surface area contributed by atoms with Crippen LogP contribution in [-0.2, 0) is 4.79 Å². The van der Waals surface area contributed by atoms with E-state index < -0.39 is 0 Å². The summed E-state index contributed by atoms with van der Waals surface area (Å²) in [6.07, 6.45) is 0. The Morgan fingerprint density at radius 2 is 2.13 bits per heavy atom. The lowest BCUT2D eigenvalue weighted by molar-refractivity contribution is -0.113. The van der Waals surface area contributed by atoms with Crippen LogP contribution in [0.4, 0.5) is 11.4 Å². The van der Waals surface area contributed by atoms with Gasteiger partial charge in [0.05, 0.1) is 22.0 Å². The number of hydrogen-bond donors (Lipinski definition) is 2. The summed E-state index contributed by atoms with van der Waals surface area (Å²) < 4.78 is 0. The summed E-state index contributed by atoms with van der Waals surface area (Å²) in [4.78, 5) is 24.7. The number of carbonyl (C=O) groups is 2. The summed E-state index contributed by atoms with van der Waals surface area (Å²) in [5, 5.41) is 14.6. The smallest absolute Gasteiger partial charge is 0.255 e. The molecule has 0 spiro atoms. The van der Waals surface area contributed by atoms with Gasteiger partial charge in [-0.3, -0.25) is 9.59 Å². The molecule has 2 aromatic rings. The number of nitriles is 1. The first-order valence-corrected chi connectivity index (χ1v) is 8.01. The monoisotopic (exact) mass is 343 g/mol. The Morgan fingerprint density at radius 3 is 2.87 bits per heavy atom. The van der Waals surface area contributed by atoms with Gasteiger partial charge in [0.25, 0.3) is 5.91 Å². The van der Waals surface area contributed by atoms with E-state index in [1.165, 1.54) is 17.8 Å². The number of halogens is 1. The van der Waals surface area contributed by atoms with Crippen LogP contribution in [-0.4, -0.2) is 17.6 Å². The van der Waals surface area contributed by atoms with Gasteiger partial charge in [-0.1, -0.05) is 11.6 Å². The molecule has 0 fully saturated rings. The van der Waals surface area contributed by atoms with Gasteiger partial charge in [-0.2, -0.15) is 5.26 Å². The predicted octanol–water partition coefficient (Wildman–Crippen LogP) is 3.51. The molecule has 0 saturated carbocycles. The second-order valence-corrected chi connectivity index (χ2v) is 6.23. The largest absolute Gasteiger partial charge is 0.324 e. The number of benzene rings is 2. The molecule has 3 rings (SSSR count). The quantitative estimate of drug-likeness (QED) is 0.874. The van der Waals surface area contributed by atoms with Gasteiger partial charge in [0.2, 0.25) is 5.91 Å². The Balaban J connectivity index is 1.81. The lowest BCUT2D eigenvalue weighted by Crippen LogP contribution is -2.19. The molecule has 0 atom stereocenters. The molecular formula is C16H10ClN3O2S. The molecule has 0 unspecified atom stereocenters. The molecule has 0 radical (unpaired) electrons. The number of thioether (sulfide) groups is 1. The van der Waals surface area contributed by atoms with Gasteiger partial charge in [-0.15, -0.1) is 11.8 Å². The molecule has 2 N–H and O–H groups in total. The number of amides is 2. The Hall–Kier alpha value is -2.49. The van der Waals surface area contributed by atoms with Crippen molar-refractivity contribution >= 4 is 46.6 Å². The predicted molar refractivity (Wildman–Crippen MR) is 89.9 cm³/mol. The van der Waals surface area contributed by atoms with E-state index in [1.807, 2.05) is 6.07 Å². The summed E-state index contributed by atoms with van der Waals surface area (Å²) >= 11 is 7.38. The number of nitrogens with zero attached hydrogens (tertiary/aromatic N) is 1. The first-order valence-electron chi connectivity index (χ1n) is 6.64. The minimum absolute atomic E-state index is 0.0843. The average Bonchev–Trinajstić information content (AvgIpc) is 2.54. The topological polar surface area (TPSA) is 82.0 Å². The van der Waals surface area contributed by atoms with Crippen molar-refractivity contribution in [2.75, 3.05) is 16.4 Å². The molecule has 0 bridgehead atoms. The van der Waals surface area contributed by atoms with E-state index >= 15 is 0 Å². The number of fused-ring (bicyclic) bond motifs is 1. The number of hydrogen-bond acceptors (Lipinski definition) is 4. The van der Waals surface area contributed by atoms with Gasteiger partial charge < -0.3 is 10.6 Å². The van der Waals surface area contributed by atoms with Gasteiger partial charge >= 0.3 is 0 Å². The van der Waals surface area contributed by atoms with E-state index in [2.05, 4.69) is 10.6 Å². The number of carbonyl (C=O) groups excluding carboxylic acids is 2. The maximum absolute atomic E-state index is 12.3. The normalized spacial score (nSPS) is 12.8. The van der Waals surface area contributed by atoms with Gasteiger partial charge in [0.1, 0.15) is 6.07 Å². The van der Waals surface area contributed by atoms with Crippen LogP contribution in [0.1, 0.15) is 15.9 Å². The van der Waals surface area contributed by atoms with Gasteiger partial charge in [-0.05, 0) is 36.4 Å². The molecule has 1 aliphatic heterocycles. The second-order valence-electron chi connectivity index (χ2n) is 4.81. The molecule has 0 aliphatic carbocycles. The zero-order valence-electron chi connectivity index (χ0n) is 11.7. The number of anilines is 2. The third kappa shape index (κ3) is 3.31. The molecule has 2 amide bonds. The van der Waals surface area contributed by atoms with Crippen molar-refractivity contribution in [1.82, 2.24) is 0 Å². The van der Waals surface area contributed by atoms with Gasteiger partial charge in [0.15, 0.2) is 0 Å². The third-order valence-electron chi connectivity index (χ3n) is 3.22. The SMILES string of the molecule is N#Cc1ccc(NC(=O)c2ccc3c(c2)NC(=O)CS3)cc1Cl. The van der Waals surface area contributed by atoms with Crippen LogP contribution < -0.4 is 10.6 Å². The van der Waals surface area contributed by atoms with Crippen LogP contribution in [0.2, 0.25) is 5.02 Å². The highest BCUT2D eigenvalue weighted by Gasteiger charge is 2.17. The number of rotatable bonds is 2. The molecule has 1 aliphatic rings. The van der Waals surface area contributed by atoms with Crippen LogP contribution in [0.5, 0.6) is 0 Å². The minimum Gasteiger partial charge on any atom is -0.324 e. The van der Waals surface area contributed by atoms with E-state index in [4.69, 9.17) is 16.9 Å².